The second-order valence-corrected chi connectivity index (χ2v) is 5.18. The Morgan fingerprint density at radius 2 is 0.682 bits per heavy atom. The molecule has 0 bridgehead atoms. The molecular weight excluding hydrogens is 264 g/mol. The zero-order valence-corrected chi connectivity index (χ0v) is 16.5. The Balaban J connectivity index is 0. The summed E-state index contributed by atoms with van der Waals surface area (Å²) in [4.78, 5) is 0. The fourth-order valence-corrected chi connectivity index (χ4v) is 1.78. The van der Waals surface area contributed by atoms with E-state index in [2.05, 4.69) is 77.9 Å². The van der Waals surface area contributed by atoms with Gasteiger partial charge in [0.15, 0.2) is 0 Å². The van der Waals surface area contributed by atoms with Gasteiger partial charge in [0.05, 0.1) is 0 Å². The highest BCUT2D eigenvalue weighted by Crippen LogP contribution is 2.08. The van der Waals surface area contributed by atoms with Crippen LogP contribution in [0.25, 0.3) is 0 Å². The van der Waals surface area contributed by atoms with Gasteiger partial charge in [0, 0.05) is 0 Å². The van der Waals surface area contributed by atoms with E-state index in [1.807, 2.05) is 27.7 Å². The van der Waals surface area contributed by atoms with Crippen LogP contribution in [0.1, 0.15) is 61.1 Å². The molecule has 0 unspecified atom stereocenters. The standard InChI is InChI=1S/2C9H12.2C2H6/c2*1-7-4-5-8(2)9(3)6-7;2*1-2/h2*4-6H,1-3H3;2*1-2H3. The van der Waals surface area contributed by atoms with Gasteiger partial charge in [-0.05, 0) is 63.8 Å². The van der Waals surface area contributed by atoms with Crippen LogP contribution in [0, 0.1) is 41.5 Å². The monoisotopic (exact) mass is 300 g/mol. The molecule has 0 N–H and O–H groups in total. The molecular formula is C22H36. The number of hydrogen-bond acceptors (Lipinski definition) is 0. The number of hydrogen-bond donors (Lipinski definition) is 0. The molecule has 0 atom stereocenters. The first-order valence-corrected chi connectivity index (χ1v) is 8.48. The van der Waals surface area contributed by atoms with Crippen molar-refractivity contribution in [1.29, 1.82) is 0 Å². The van der Waals surface area contributed by atoms with Gasteiger partial charge in [0.1, 0.15) is 0 Å². The third-order valence-electron chi connectivity index (χ3n) is 3.32. The van der Waals surface area contributed by atoms with E-state index in [1.54, 1.807) is 0 Å². The van der Waals surface area contributed by atoms with Crippen molar-refractivity contribution in [2.24, 2.45) is 0 Å². The highest BCUT2D eigenvalue weighted by molar-refractivity contribution is 5.29. The molecule has 0 heteroatoms. The van der Waals surface area contributed by atoms with Crippen LogP contribution in [0.5, 0.6) is 0 Å². The molecule has 0 saturated carbocycles. The lowest BCUT2D eigenvalue weighted by Crippen LogP contribution is -1.79. The maximum absolute atomic E-state index is 2.20. The zero-order chi connectivity index (χ0) is 17.7. The summed E-state index contributed by atoms with van der Waals surface area (Å²) in [5.74, 6) is 0. The molecule has 0 spiro atoms. The SMILES string of the molecule is CC.CC.Cc1ccc(C)c(C)c1.Cc1ccc(C)c(C)c1. The molecule has 0 fully saturated rings. The van der Waals surface area contributed by atoms with Crippen LogP contribution in [-0.2, 0) is 0 Å². The van der Waals surface area contributed by atoms with Crippen molar-refractivity contribution in [1.82, 2.24) is 0 Å². The van der Waals surface area contributed by atoms with Crippen molar-refractivity contribution in [2.75, 3.05) is 0 Å². The second-order valence-electron chi connectivity index (χ2n) is 5.18. The summed E-state index contributed by atoms with van der Waals surface area (Å²) in [6.45, 7) is 20.8. The van der Waals surface area contributed by atoms with E-state index in [4.69, 9.17) is 0 Å². The molecule has 0 aliphatic heterocycles. The number of rotatable bonds is 0. The Morgan fingerprint density at radius 1 is 0.409 bits per heavy atom. The van der Waals surface area contributed by atoms with Gasteiger partial charge >= 0.3 is 0 Å². The van der Waals surface area contributed by atoms with Crippen LogP contribution in [0.4, 0.5) is 0 Å². The van der Waals surface area contributed by atoms with E-state index in [0.717, 1.165) is 0 Å². The lowest BCUT2D eigenvalue weighted by molar-refractivity contribution is 1.30. The van der Waals surface area contributed by atoms with Gasteiger partial charge in [0.25, 0.3) is 0 Å². The first-order chi connectivity index (χ1) is 10.4. The van der Waals surface area contributed by atoms with Gasteiger partial charge in [-0.15, -0.1) is 0 Å². The predicted octanol–water partition coefficient (Wildman–Crippen LogP) is 7.28. The summed E-state index contributed by atoms with van der Waals surface area (Å²) in [6.07, 6.45) is 0. The fourth-order valence-electron chi connectivity index (χ4n) is 1.78. The van der Waals surface area contributed by atoms with E-state index in [0.29, 0.717) is 0 Å². The normalized spacial score (nSPS) is 8.45. The molecule has 0 heterocycles. The maximum atomic E-state index is 2.20. The van der Waals surface area contributed by atoms with Gasteiger partial charge in [-0.3, -0.25) is 0 Å². The predicted molar refractivity (Wildman–Crippen MR) is 104 cm³/mol. The molecule has 0 aliphatic rings. The van der Waals surface area contributed by atoms with E-state index in [-0.39, 0.29) is 0 Å². The van der Waals surface area contributed by atoms with Crippen molar-refractivity contribution in [2.45, 2.75) is 69.2 Å². The highest BCUT2D eigenvalue weighted by Gasteiger charge is 1.89. The summed E-state index contributed by atoms with van der Waals surface area (Å²) in [7, 11) is 0. The van der Waals surface area contributed by atoms with Crippen LogP contribution < -0.4 is 0 Å². The van der Waals surface area contributed by atoms with Crippen LogP contribution in [0.2, 0.25) is 0 Å². The minimum Gasteiger partial charge on any atom is -0.0683 e. The topological polar surface area (TPSA) is 0 Å². The van der Waals surface area contributed by atoms with Crippen molar-refractivity contribution in [3.8, 4) is 0 Å². The maximum Gasteiger partial charge on any atom is -0.0395 e. The summed E-state index contributed by atoms with van der Waals surface area (Å²) >= 11 is 0. The third-order valence-corrected chi connectivity index (χ3v) is 3.32. The lowest BCUT2D eigenvalue weighted by atomic mass is 10.1. The molecule has 0 amide bonds. The largest absolute Gasteiger partial charge is 0.0683 e. The summed E-state index contributed by atoms with van der Waals surface area (Å²) < 4.78 is 0. The Morgan fingerprint density at radius 3 is 0.864 bits per heavy atom. The number of benzene rings is 2. The van der Waals surface area contributed by atoms with E-state index in [1.165, 1.54) is 33.4 Å². The van der Waals surface area contributed by atoms with Gasteiger partial charge in [-0.25, -0.2) is 0 Å². The first kappa shape index (κ1) is 22.7. The minimum absolute atomic E-state index is 1.35. The fraction of sp³-hybridized carbons (Fsp3) is 0.455. The molecule has 124 valence electrons. The van der Waals surface area contributed by atoms with Crippen molar-refractivity contribution < 1.29 is 0 Å². The lowest BCUT2D eigenvalue weighted by Gasteiger charge is -1.98. The van der Waals surface area contributed by atoms with Crippen LogP contribution in [0.3, 0.4) is 0 Å². The summed E-state index contributed by atoms with van der Waals surface area (Å²) in [5.41, 5.74) is 8.21. The van der Waals surface area contributed by atoms with Crippen molar-refractivity contribution in [3.63, 3.8) is 0 Å². The Hall–Kier alpha value is -1.56. The van der Waals surface area contributed by atoms with E-state index < -0.39 is 0 Å². The molecule has 0 aromatic heterocycles. The van der Waals surface area contributed by atoms with Gasteiger partial charge < -0.3 is 0 Å². The number of aryl methyl sites for hydroxylation is 6. The molecule has 0 nitrogen and oxygen atoms in total. The Bertz CT molecular complexity index is 472. The average molecular weight is 301 g/mol. The zero-order valence-electron chi connectivity index (χ0n) is 16.5. The molecule has 2 rings (SSSR count). The third kappa shape index (κ3) is 9.39. The smallest absolute Gasteiger partial charge is 0.0395 e. The van der Waals surface area contributed by atoms with Crippen molar-refractivity contribution in [3.05, 3.63) is 69.8 Å². The van der Waals surface area contributed by atoms with Crippen LogP contribution in [0.15, 0.2) is 36.4 Å². The molecule has 0 radical (unpaired) electrons. The molecule has 0 aliphatic carbocycles. The van der Waals surface area contributed by atoms with Gasteiger partial charge in [0.2, 0.25) is 0 Å². The average Bonchev–Trinajstić information content (AvgIpc) is 2.52. The Kier molecular flexibility index (Phi) is 13.6. The molecule has 2 aromatic carbocycles. The van der Waals surface area contributed by atoms with E-state index in [9.17, 15) is 0 Å². The molecule has 22 heavy (non-hydrogen) atoms. The molecule has 2 aromatic rings. The van der Waals surface area contributed by atoms with Crippen LogP contribution >= 0.6 is 0 Å². The minimum atomic E-state index is 1.35. The van der Waals surface area contributed by atoms with Crippen molar-refractivity contribution >= 4 is 0 Å². The second kappa shape index (κ2) is 13.1. The van der Waals surface area contributed by atoms with Gasteiger partial charge in [-0.1, -0.05) is 75.2 Å². The van der Waals surface area contributed by atoms with Gasteiger partial charge in [-0.2, -0.15) is 0 Å². The summed E-state index contributed by atoms with van der Waals surface area (Å²) in [6, 6.07) is 13.0. The first-order valence-electron chi connectivity index (χ1n) is 8.48. The Labute approximate surface area is 139 Å². The highest BCUT2D eigenvalue weighted by atomic mass is 14.0. The van der Waals surface area contributed by atoms with Crippen LogP contribution in [-0.4, -0.2) is 0 Å². The summed E-state index contributed by atoms with van der Waals surface area (Å²) in [5, 5.41) is 0. The molecule has 0 saturated heterocycles. The quantitative estimate of drug-likeness (QED) is 0.479. The van der Waals surface area contributed by atoms with E-state index >= 15 is 0 Å².